The molecule has 29 heavy (non-hydrogen) atoms. The number of carbonyl (C=O) groups is 3. The lowest BCUT2D eigenvalue weighted by atomic mass is 9.84. The largest absolute Gasteiger partial charge is 0.464 e. The second-order valence-corrected chi connectivity index (χ2v) is 7.81. The molecule has 1 aromatic heterocycles. The Morgan fingerprint density at radius 3 is 2.62 bits per heavy atom. The molecule has 1 aliphatic rings. The summed E-state index contributed by atoms with van der Waals surface area (Å²) in [5, 5.41) is 11.9. The number of carboxylic acid groups (broad SMARTS) is 1. The van der Waals surface area contributed by atoms with Crippen molar-refractivity contribution in [1.29, 1.82) is 0 Å². The van der Waals surface area contributed by atoms with Crippen molar-refractivity contribution < 1.29 is 19.5 Å². The first-order valence-electron chi connectivity index (χ1n) is 9.37. The van der Waals surface area contributed by atoms with Crippen LogP contribution in [0.4, 0.5) is 4.79 Å². The molecule has 9 heteroatoms. The first kappa shape index (κ1) is 20.9. The lowest BCUT2D eigenvalue weighted by Gasteiger charge is -2.35. The van der Waals surface area contributed by atoms with Crippen molar-refractivity contribution in [2.24, 2.45) is 5.92 Å². The van der Waals surface area contributed by atoms with Crippen LogP contribution in [0.25, 0.3) is 10.9 Å². The Labute approximate surface area is 173 Å². The number of halogens is 1. The summed E-state index contributed by atoms with van der Waals surface area (Å²) < 4.78 is 0. The highest BCUT2D eigenvalue weighted by Gasteiger charge is 2.34. The van der Waals surface area contributed by atoms with Crippen LogP contribution in [0.3, 0.4) is 0 Å². The fourth-order valence-electron chi connectivity index (χ4n) is 3.67. The van der Waals surface area contributed by atoms with Crippen LogP contribution in [0.15, 0.2) is 30.3 Å². The van der Waals surface area contributed by atoms with Crippen molar-refractivity contribution in [2.45, 2.75) is 31.7 Å². The Morgan fingerprint density at radius 1 is 1.17 bits per heavy atom. The number of rotatable bonds is 3. The first-order valence-corrected chi connectivity index (χ1v) is 9.74. The van der Waals surface area contributed by atoms with E-state index in [1.54, 1.807) is 38.4 Å². The summed E-state index contributed by atoms with van der Waals surface area (Å²) in [5.74, 6) is -0.905. The van der Waals surface area contributed by atoms with Gasteiger partial charge in [0.1, 0.15) is 5.69 Å². The van der Waals surface area contributed by atoms with E-state index in [0.29, 0.717) is 36.2 Å². The number of nitrogens with one attached hydrogen (secondary N) is 1. The molecule has 154 valence electrons. The minimum Gasteiger partial charge on any atom is -0.464 e. The van der Waals surface area contributed by atoms with Gasteiger partial charge in [-0.2, -0.15) is 0 Å². The van der Waals surface area contributed by atoms with Gasteiger partial charge < -0.3 is 10.0 Å². The van der Waals surface area contributed by atoms with E-state index < -0.39 is 18.0 Å². The van der Waals surface area contributed by atoms with Crippen molar-refractivity contribution in [3.05, 3.63) is 41.0 Å². The van der Waals surface area contributed by atoms with Gasteiger partial charge >= 0.3 is 6.09 Å². The summed E-state index contributed by atoms with van der Waals surface area (Å²) in [7, 11) is 3.36. The first-order chi connectivity index (χ1) is 13.8. The maximum absolute atomic E-state index is 12.7. The maximum Gasteiger partial charge on any atom is 0.426 e. The normalized spacial score (nSPS) is 18.9. The topological polar surface area (TPSA) is 103 Å². The van der Waals surface area contributed by atoms with Crippen LogP contribution in [-0.2, 0) is 4.79 Å². The van der Waals surface area contributed by atoms with E-state index >= 15 is 0 Å². The summed E-state index contributed by atoms with van der Waals surface area (Å²) in [6.07, 6.45) is 1.10. The predicted octanol–water partition coefficient (Wildman–Crippen LogP) is 3.16. The zero-order chi connectivity index (χ0) is 21.1. The molecular weight excluding hydrogens is 396 g/mol. The average molecular weight is 419 g/mol. The van der Waals surface area contributed by atoms with Gasteiger partial charge in [-0.15, -0.1) is 0 Å². The molecule has 0 saturated heterocycles. The Balaban J connectivity index is 1.76. The molecule has 1 aromatic carbocycles. The Kier molecular flexibility index (Phi) is 6.22. The van der Waals surface area contributed by atoms with E-state index in [-0.39, 0.29) is 17.5 Å². The van der Waals surface area contributed by atoms with E-state index in [0.717, 1.165) is 10.4 Å². The molecule has 1 heterocycles. The van der Waals surface area contributed by atoms with Crippen molar-refractivity contribution in [3.63, 3.8) is 0 Å². The number of hydrazine groups is 1. The minimum absolute atomic E-state index is 0.0266. The van der Waals surface area contributed by atoms with Crippen LogP contribution in [0.2, 0.25) is 5.02 Å². The molecule has 1 fully saturated rings. The Bertz CT molecular complexity index is 949. The quantitative estimate of drug-likeness (QED) is 0.745. The fourth-order valence-corrected chi connectivity index (χ4v) is 3.85. The Hall–Kier alpha value is -2.87. The van der Waals surface area contributed by atoms with E-state index in [1.165, 1.54) is 11.0 Å². The van der Waals surface area contributed by atoms with E-state index in [4.69, 9.17) is 11.6 Å². The van der Waals surface area contributed by atoms with Gasteiger partial charge in [0.15, 0.2) is 0 Å². The van der Waals surface area contributed by atoms with Gasteiger partial charge in [-0.05, 0) is 43.5 Å². The molecular formula is C20H23ClN4O4. The lowest BCUT2D eigenvalue weighted by molar-refractivity contribution is -0.134. The highest BCUT2D eigenvalue weighted by molar-refractivity contribution is 6.31. The molecule has 3 rings (SSSR count). The average Bonchev–Trinajstić information content (AvgIpc) is 2.70. The van der Waals surface area contributed by atoms with Crippen LogP contribution >= 0.6 is 11.6 Å². The lowest BCUT2D eigenvalue weighted by Crippen LogP contribution is -2.53. The number of carbonyl (C=O) groups excluding carboxylic acids is 2. The van der Waals surface area contributed by atoms with Crippen molar-refractivity contribution in [1.82, 2.24) is 20.3 Å². The van der Waals surface area contributed by atoms with Crippen LogP contribution in [0.5, 0.6) is 0 Å². The second kappa shape index (κ2) is 8.65. The number of pyridine rings is 1. The van der Waals surface area contributed by atoms with Crippen LogP contribution in [-0.4, -0.2) is 58.0 Å². The molecule has 3 amide bonds. The molecule has 0 bridgehead atoms. The van der Waals surface area contributed by atoms with E-state index in [2.05, 4.69) is 10.4 Å². The van der Waals surface area contributed by atoms with Crippen LogP contribution in [0.1, 0.15) is 36.2 Å². The molecule has 0 spiro atoms. The zero-order valence-electron chi connectivity index (χ0n) is 16.3. The summed E-state index contributed by atoms with van der Waals surface area (Å²) in [6.45, 7) is 0. The smallest absolute Gasteiger partial charge is 0.426 e. The molecule has 1 unspecified atom stereocenters. The molecule has 2 atom stereocenters. The third-order valence-corrected chi connectivity index (χ3v) is 5.35. The van der Waals surface area contributed by atoms with Crippen LogP contribution < -0.4 is 5.43 Å². The number of benzene rings is 1. The number of hydrogen-bond acceptors (Lipinski definition) is 4. The maximum atomic E-state index is 12.7. The van der Waals surface area contributed by atoms with Gasteiger partial charge in [0.05, 0.1) is 11.6 Å². The molecule has 2 aromatic rings. The van der Waals surface area contributed by atoms with Crippen molar-refractivity contribution in [3.8, 4) is 0 Å². The molecule has 0 aliphatic heterocycles. The van der Waals surface area contributed by atoms with E-state index in [9.17, 15) is 19.5 Å². The third-order valence-electron chi connectivity index (χ3n) is 5.11. The van der Waals surface area contributed by atoms with Gasteiger partial charge in [0.25, 0.3) is 5.91 Å². The van der Waals surface area contributed by atoms with Gasteiger partial charge in [-0.3, -0.25) is 15.0 Å². The fraction of sp³-hybridized carbons (Fsp3) is 0.400. The number of aromatic nitrogens is 1. The van der Waals surface area contributed by atoms with Crippen LogP contribution in [0, 0.1) is 5.92 Å². The molecule has 8 nitrogen and oxygen atoms in total. The van der Waals surface area contributed by atoms with Crippen molar-refractivity contribution >= 4 is 40.4 Å². The predicted molar refractivity (Wildman–Crippen MR) is 109 cm³/mol. The number of amides is 3. The molecule has 1 aliphatic carbocycles. The van der Waals surface area contributed by atoms with Crippen molar-refractivity contribution in [2.75, 3.05) is 14.1 Å². The number of nitrogens with zero attached hydrogens (tertiary/aromatic N) is 3. The van der Waals surface area contributed by atoms with Gasteiger partial charge in [-0.1, -0.05) is 24.1 Å². The SMILES string of the molecule is CN(C)C(=O)[C@H]1CCCC(N(NC(=O)c2ccc3cc(Cl)ccc3n2)C(=O)O)C1. The Morgan fingerprint density at radius 2 is 1.93 bits per heavy atom. The zero-order valence-corrected chi connectivity index (χ0v) is 17.0. The number of fused-ring (bicyclic) bond motifs is 1. The summed E-state index contributed by atoms with van der Waals surface area (Å²) in [4.78, 5) is 42.5. The van der Waals surface area contributed by atoms with Gasteiger partial charge in [-0.25, -0.2) is 14.8 Å². The standard InChI is InChI=1S/C20H23ClN4O4/c1-24(2)19(27)13-4-3-5-15(11-13)25(20(28)29)23-18(26)17-8-6-12-10-14(21)7-9-16(12)22-17/h6-10,13,15H,3-5,11H2,1-2H3,(H,23,26)(H,28,29)/t13-,15?/m0/s1. The van der Waals surface area contributed by atoms with Gasteiger partial charge in [0.2, 0.25) is 5.91 Å². The minimum atomic E-state index is -1.27. The van der Waals surface area contributed by atoms with Gasteiger partial charge in [0, 0.05) is 30.4 Å². The summed E-state index contributed by atoms with van der Waals surface area (Å²) in [6, 6.07) is 7.86. The molecule has 1 saturated carbocycles. The highest BCUT2D eigenvalue weighted by atomic mass is 35.5. The molecule has 0 radical (unpaired) electrons. The number of hydrogen-bond donors (Lipinski definition) is 2. The summed E-state index contributed by atoms with van der Waals surface area (Å²) in [5.41, 5.74) is 3.13. The second-order valence-electron chi connectivity index (χ2n) is 7.38. The van der Waals surface area contributed by atoms with E-state index in [1.807, 2.05) is 0 Å². The highest BCUT2D eigenvalue weighted by Crippen LogP contribution is 2.28. The third kappa shape index (κ3) is 4.76. The molecule has 2 N–H and O–H groups in total. The monoisotopic (exact) mass is 418 g/mol. The summed E-state index contributed by atoms with van der Waals surface area (Å²) >= 11 is 5.96.